The Hall–Kier alpha value is -2.38. The maximum atomic E-state index is 12.0. The Kier molecular flexibility index (Phi) is 5.72. The van der Waals surface area contributed by atoms with E-state index < -0.39 is 18.3 Å². The van der Waals surface area contributed by atoms with Crippen LogP contribution < -0.4 is 4.74 Å². The maximum absolute atomic E-state index is 12.0. The van der Waals surface area contributed by atoms with E-state index in [1.807, 2.05) is 6.92 Å². The molecular weight excluding hydrogens is 306 g/mol. The first-order valence-electron chi connectivity index (χ1n) is 7.69. The number of carbonyl (C=O) groups excluding carboxylic acids is 2. The van der Waals surface area contributed by atoms with Crippen molar-refractivity contribution in [3.63, 3.8) is 0 Å². The molecule has 3 N–H and O–H groups in total. The van der Waals surface area contributed by atoms with Crippen LogP contribution in [-0.2, 0) is 14.3 Å². The zero-order valence-corrected chi connectivity index (χ0v) is 12.9. The minimum atomic E-state index is -1.13. The van der Waals surface area contributed by atoms with Gasteiger partial charge in [-0.25, -0.2) is 4.79 Å². The summed E-state index contributed by atoms with van der Waals surface area (Å²) >= 11 is 0. The van der Waals surface area contributed by atoms with E-state index in [0.29, 0.717) is 12.8 Å². The fourth-order valence-corrected chi connectivity index (χ4v) is 2.48. The van der Waals surface area contributed by atoms with Gasteiger partial charge in [0.15, 0.2) is 11.6 Å². The van der Waals surface area contributed by atoms with Crippen molar-refractivity contribution in [1.29, 1.82) is 0 Å². The van der Waals surface area contributed by atoms with Crippen molar-refractivity contribution in [2.75, 3.05) is 0 Å². The SMILES string of the molecule is CCCC(OC(=O)Oc1cc(O)[nH]c1O)OC(=O)C1CCCC1. The van der Waals surface area contributed by atoms with Crippen LogP contribution in [0.15, 0.2) is 6.07 Å². The average molecular weight is 327 g/mol. The van der Waals surface area contributed by atoms with E-state index in [0.717, 1.165) is 31.7 Å². The molecule has 23 heavy (non-hydrogen) atoms. The lowest BCUT2D eigenvalue weighted by atomic mass is 10.1. The van der Waals surface area contributed by atoms with Crippen molar-refractivity contribution in [3.8, 4) is 17.5 Å². The van der Waals surface area contributed by atoms with E-state index in [-0.39, 0.29) is 23.5 Å². The molecule has 1 atom stereocenters. The van der Waals surface area contributed by atoms with Gasteiger partial charge in [-0.1, -0.05) is 19.8 Å². The van der Waals surface area contributed by atoms with Gasteiger partial charge in [0.05, 0.1) is 5.92 Å². The largest absolute Gasteiger partial charge is 0.517 e. The van der Waals surface area contributed by atoms with E-state index >= 15 is 0 Å². The van der Waals surface area contributed by atoms with Gasteiger partial charge in [-0.05, 0) is 19.3 Å². The number of carbonyl (C=O) groups is 2. The van der Waals surface area contributed by atoms with Crippen LogP contribution in [0.4, 0.5) is 4.79 Å². The zero-order valence-electron chi connectivity index (χ0n) is 12.9. The fourth-order valence-electron chi connectivity index (χ4n) is 2.48. The quantitative estimate of drug-likeness (QED) is 0.543. The van der Waals surface area contributed by atoms with Crippen LogP contribution in [0.5, 0.6) is 17.5 Å². The molecule has 1 aliphatic rings. The van der Waals surface area contributed by atoms with Crippen LogP contribution in [0.2, 0.25) is 0 Å². The van der Waals surface area contributed by atoms with Crippen LogP contribution in [0.1, 0.15) is 45.4 Å². The Morgan fingerprint density at radius 2 is 2.00 bits per heavy atom. The lowest BCUT2D eigenvalue weighted by molar-refractivity contribution is -0.175. The second-order valence-electron chi connectivity index (χ2n) is 5.47. The van der Waals surface area contributed by atoms with Crippen molar-refractivity contribution >= 4 is 12.1 Å². The molecule has 1 fully saturated rings. The number of ether oxygens (including phenoxy) is 3. The van der Waals surface area contributed by atoms with Gasteiger partial charge < -0.3 is 24.4 Å². The third-order valence-electron chi connectivity index (χ3n) is 3.63. The van der Waals surface area contributed by atoms with Crippen molar-refractivity contribution in [3.05, 3.63) is 6.07 Å². The van der Waals surface area contributed by atoms with Crippen LogP contribution >= 0.6 is 0 Å². The number of esters is 1. The summed E-state index contributed by atoms with van der Waals surface area (Å²) in [6, 6.07) is 1.02. The summed E-state index contributed by atoms with van der Waals surface area (Å²) in [5.74, 6) is -1.64. The fraction of sp³-hybridized carbons (Fsp3) is 0.600. The van der Waals surface area contributed by atoms with Crippen LogP contribution in [0.3, 0.4) is 0 Å². The van der Waals surface area contributed by atoms with Crippen molar-refractivity contribution in [2.45, 2.75) is 51.7 Å². The molecule has 0 saturated heterocycles. The molecule has 0 aromatic carbocycles. The zero-order chi connectivity index (χ0) is 16.8. The molecule has 1 aromatic rings. The normalized spacial score (nSPS) is 16.0. The Morgan fingerprint density at radius 1 is 1.30 bits per heavy atom. The number of H-pyrrole nitrogens is 1. The maximum Gasteiger partial charge on any atom is 0.517 e. The first kappa shape index (κ1) is 17.0. The summed E-state index contributed by atoms with van der Waals surface area (Å²) in [4.78, 5) is 25.9. The summed E-state index contributed by atoms with van der Waals surface area (Å²) in [6.45, 7) is 1.86. The molecule has 0 radical (unpaired) electrons. The Labute approximate surface area is 133 Å². The molecule has 0 amide bonds. The van der Waals surface area contributed by atoms with Gasteiger partial charge in [0.2, 0.25) is 5.88 Å². The first-order chi connectivity index (χ1) is 11.0. The van der Waals surface area contributed by atoms with Gasteiger partial charge in [0.25, 0.3) is 6.29 Å². The van der Waals surface area contributed by atoms with Gasteiger partial charge >= 0.3 is 12.1 Å². The molecule has 128 valence electrons. The van der Waals surface area contributed by atoms with Crippen molar-refractivity contribution in [1.82, 2.24) is 4.98 Å². The van der Waals surface area contributed by atoms with E-state index in [9.17, 15) is 14.7 Å². The summed E-state index contributed by atoms with van der Waals surface area (Å²) in [5, 5.41) is 18.5. The standard InChI is InChI=1S/C15H21NO7/c1-2-5-12(22-14(19)9-6-3-4-7-9)23-15(20)21-10-8-11(17)16-13(10)18/h8-9,12,16-18H,2-7H2,1H3. The van der Waals surface area contributed by atoms with E-state index in [4.69, 9.17) is 19.3 Å². The van der Waals surface area contributed by atoms with Crippen molar-refractivity contribution < 1.29 is 34.0 Å². The number of hydrogen-bond donors (Lipinski definition) is 3. The van der Waals surface area contributed by atoms with Gasteiger partial charge in [-0.15, -0.1) is 0 Å². The number of aromatic hydroxyl groups is 2. The highest BCUT2D eigenvalue weighted by Gasteiger charge is 2.28. The monoisotopic (exact) mass is 327 g/mol. The van der Waals surface area contributed by atoms with Crippen LogP contribution in [0.25, 0.3) is 0 Å². The number of aromatic amines is 1. The molecule has 8 heteroatoms. The molecule has 1 saturated carbocycles. The second kappa shape index (κ2) is 7.75. The van der Waals surface area contributed by atoms with Gasteiger partial charge in [-0.3, -0.25) is 9.78 Å². The molecular formula is C15H21NO7. The number of nitrogens with one attached hydrogen (secondary N) is 1. The third kappa shape index (κ3) is 4.80. The first-order valence-corrected chi connectivity index (χ1v) is 7.69. The predicted molar refractivity (Wildman–Crippen MR) is 78.0 cm³/mol. The minimum Gasteiger partial charge on any atom is -0.494 e. The Bertz CT molecular complexity index is 548. The molecule has 0 bridgehead atoms. The van der Waals surface area contributed by atoms with Gasteiger partial charge in [0, 0.05) is 12.5 Å². The molecule has 0 aliphatic heterocycles. The molecule has 0 spiro atoms. The Balaban J connectivity index is 1.88. The predicted octanol–water partition coefficient (Wildman–Crippen LogP) is 2.80. The smallest absolute Gasteiger partial charge is 0.494 e. The topological polar surface area (TPSA) is 118 Å². The number of hydrogen-bond acceptors (Lipinski definition) is 7. The highest BCUT2D eigenvalue weighted by molar-refractivity contribution is 5.73. The average Bonchev–Trinajstić information content (AvgIpc) is 3.09. The van der Waals surface area contributed by atoms with Gasteiger partial charge in [0.1, 0.15) is 0 Å². The lowest BCUT2D eigenvalue weighted by Crippen LogP contribution is -2.28. The van der Waals surface area contributed by atoms with E-state index in [1.54, 1.807) is 0 Å². The number of rotatable bonds is 6. The molecule has 1 aromatic heterocycles. The molecule has 1 aliphatic carbocycles. The van der Waals surface area contributed by atoms with Gasteiger partial charge in [-0.2, -0.15) is 0 Å². The van der Waals surface area contributed by atoms with Crippen molar-refractivity contribution in [2.24, 2.45) is 5.92 Å². The number of aromatic nitrogens is 1. The highest BCUT2D eigenvalue weighted by Crippen LogP contribution is 2.30. The van der Waals surface area contributed by atoms with Crippen LogP contribution in [-0.4, -0.2) is 33.6 Å². The van der Waals surface area contributed by atoms with E-state index in [1.165, 1.54) is 0 Å². The molecule has 2 rings (SSSR count). The minimum absolute atomic E-state index is 0.139. The summed E-state index contributed by atoms with van der Waals surface area (Å²) in [5.41, 5.74) is 0. The second-order valence-corrected chi connectivity index (χ2v) is 5.47. The summed E-state index contributed by atoms with van der Waals surface area (Å²) < 4.78 is 15.0. The van der Waals surface area contributed by atoms with E-state index in [2.05, 4.69) is 4.98 Å². The third-order valence-corrected chi connectivity index (χ3v) is 3.63. The molecule has 1 unspecified atom stereocenters. The van der Waals surface area contributed by atoms with Crippen LogP contribution in [0, 0.1) is 5.92 Å². The lowest BCUT2D eigenvalue weighted by Gasteiger charge is -2.19. The Morgan fingerprint density at radius 3 is 2.57 bits per heavy atom. The summed E-state index contributed by atoms with van der Waals surface area (Å²) in [6.07, 6.45) is 2.41. The highest BCUT2D eigenvalue weighted by atomic mass is 16.8. The molecule has 1 heterocycles. The molecule has 8 nitrogen and oxygen atoms in total. The summed E-state index contributed by atoms with van der Waals surface area (Å²) in [7, 11) is 0.